The summed E-state index contributed by atoms with van der Waals surface area (Å²) in [4.78, 5) is 11.2. The summed E-state index contributed by atoms with van der Waals surface area (Å²) >= 11 is 4.88. The largest absolute Gasteiger partial charge is 0.342 e. The second-order valence-corrected chi connectivity index (χ2v) is 4.69. The summed E-state index contributed by atoms with van der Waals surface area (Å²) in [5, 5.41) is 4.90. The maximum Gasteiger partial charge on any atom is 0.342 e. The summed E-state index contributed by atoms with van der Waals surface area (Å²) in [6, 6.07) is -0.145. The Labute approximate surface area is 82.6 Å². The lowest BCUT2D eigenvalue weighted by Crippen LogP contribution is -2.24. The molecule has 0 aliphatic rings. The van der Waals surface area contributed by atoms with Gasteiger partial charge in [0.1, 0.15) is 0 Å². The fraction of sp³-hybridized carbons (Fsp3) is 0.667. The van der Waals surface area contributed by atoms with Gasteiger partial charge in [0.2, 0.25) is 0 Å². The summed E-state index contributed by atoms with van der Waals surface area (Å²) in [5.74, 6) is 0.426. The molecule has 1 heterocycles. The summed E-state index contributed by atoms with van der Waals surface area (Å²) < 4.78 is 12.6. The lowest BCUT2D eigenvalue weighted by Gasteiger charge is -2.08. The van der Waals surface area contributed by atoms with Crippen LogP contribution in [0.2, 0.25) is 0 Å². The molecule has 0 bridgehead atoms. The van der Waals surface area contributed by atoms with E-state index in [9.17, 15) is 9.00 Å². The minimum atomic E-state index is -0.931. The number of nitrogens with one attached hydrogen (secondary N) is 2. The number of rotatable bonds is 3. The fourth-order valence-corrected chi connectivity index (χ4v) is 2.28. The van der Waals surface area contributed by atoms with E-state index in [1.54, 1.807) is 13.2 Å². The number of aromatic amines is 2. The van der Waals surface area contributed by atoms with Crippen LogP contribution in [0.5, 0.6) is 0 Å². The molecule has 1 aromatic heterocycles. The van der Waals surface area contributed by atoms with Crippen LogP contribution in [-0.2, 0) is 10.8 Å². The van der Waals surface area contributed by atoms with Crippen molar-refractivity contribution in [3.63, 3.8) is 0 Å². The third kappa shape index (κ3) is 2.38. The standard InChI is InChI=1S/C6H11N3O2S2/c1-4(3-13(2)11)9-5(10)7-8-6(9)12/h4H,3H2,1-2H3,(H,7,10)(H,8,12). The molecule has 2 N–H and O–H groups in total. The second kappa shape index (κ2) is 4.01. The van der Waals surface area contributed by atoms with E-state index in [0.717, 1.165) is 0 Å². The molecule has 0 fully saturated rings. The zero-order chi connectivity index (χ0) is 10.0. The Bertz CT molecular complexity index is 389. The van der Waals surface area contributed by atoms with Gasteiger partial charge in [-0.15, -0.1) is 0 Å². The van der Waals surface area contributed by atoms with Crippen molar-refractivity contribution < 1.29 is 4.21 Å². The zero-order valence-electron chi connectivity index (χ0n) is 7.36. The molecule has 5 nitrogen and oxygen atoms in total. The molecule has 2 atom stereocenters. The van der Waals surface area contributed by atoms with Gasteiger partial charge in [-0.25, -0.2) is 9.89 Å². The monoisotopic (exact) mass is 221 g/mol. The van der Waals surface area contributed by atoms with Crippen molar-refractivity contribution in [2.75, 3.05) is 12.0 Å². The molecule has 0 radical (unpaired) electrons. The third-order valence-corrected chi connectivity index (χ3v) is 2.88. The van der Waals surface area contributed by atoms with Gasteiger partial charge < -0.3 is 0 Å². The number of H-pyrrole nitrogens is 2. The van der Waals surface area contributed by atoms with E-state index in [1.165, 1.54) is 4.57 Å². The first-order chi connectivity index (χ1) is 6.02. The Morgan fingerprint density at radius 2 is 2.23 bits per heavy atom. The maximum absolute atomic E-state index is 11.2. The predicted octanol–water partition coefficient (Wildman–Crippen LogP) is 0.173. The van der Waals surface area contributed by atoms with Crippen LogP contribution >= 0.6 is 12.2 Å². The van der Waals surface area contributed by atoms with Crippen LogP contribution in [0.4, 0.5) is 0 Å². The topological polar surface area (TPSA) is 70.7 Å². The summed E-state index contributed by atoms with van der Waals surface area (Å²) in [5.41, 5.74) is -0.289. The zero-order valence-corrected chi connectivity index (χ0v) is 9.00. The lowest BCUT2D eigenvalue weighted by molar-refractivity contribution is 0.572. The molecule has 1 aromatic rings. The molecule has 0 saturated carbocycles. The first-order valence-electron chi connectivity index (χ1n) is 3.71. The predicted molar refractivity (Wildman–Crippen MR) is 53.9 cm³/mol. The Morgan fingerprint density at radius 3 is 2.62 bits per heavy atom. The highest BCUT2D eigenvalue weighted by atomic mass is 32.2. The summed E-state index contributed by atoms with van der Waals surface area (Å²) in [6.07, 6.45) is 1.60. The quantitative estimate of drug-likeness (QED) is 0.715. The van der Waals surface area contributed by atoms with E-state index < -0.39 is 10.8 Å². The van der Waals surface area contributed by atoms with Crippen molar-refractivity contribution in [1.29, 1.82) is 0 Å². The number of hydrogen-bond donors (Lipinski definition) is 2. The SMILES string of the molecule is CC(CS(C)=O)n1c(=O)[nH][nH]c1=S. The van der Waals surface area contributed by atoms with Gasteiger partial charge in [-0.1, -0.05) is 0 Å². The van der Waals surface area contributed by atoms with E-state index in [0.29, 0.717) is 10.5 Å². The molecule has 1 rings (SSSR count). The van der Waals surface area contributed by atoms with Crippen LogP contribution < -0.4 is 5.69 Å². The fourth-order valence-electron chi connectivity index (χ4n) is 1.13. The average Bonchev–Trinajstić information content (AvgIpc) is 2.29. The Kier molecular flexibility index (Phi) is 3.21. The number of nitrogens with zero attached hydrogens (tertiary/aromatic N) is 1. The molecule has 0 spiro atoms. The van der Waals surface area contributed by atoms with Gasteiger partial charge in [0.05, 0.1) is 0 Å². The van der Waals surface area contributed by atoms with E-state index in [4.69, 9.17) is 12.2 Å². The Balaban J connectivity index is 3.01. The van der Waals surface area contributed by atoms with Crippen LogP contribution in [0.25, 0.3) is 0 Å². The Hall–Kier alpha value is -0.690. The number of hydrogen-bond acceptors (Lipinski definition) is 3. The van der Waals surface area contributed by atoms with Crippen LogP contribution in [-0.4, -0.2) is 31.0 Å². The van der Waals surface area contributed by atoms with Gasteiger partial charge in [0.15, 0.2) is 4.77 Å². The van der Waals surface area contributed by atoms with Gasteiger partial charge in [-0.05, 0) is 19.1 Å². The molecular formula is C6H11N3O2S2. The molecule has 2 unspecified atom stereocenters. The van der Waals surface area contributed by atoms with Crippen LogP contribution in [0, 0.1) is 4.77 Å². The normalized spacial score (nSPS) is 15.5. The van der Waals surface area contributed by atoms with Crippen LogP contribution in [0.15, 0.2) is 4.79 Å². The van der Waals surface area contributed by atoms with E-state index in [-0.39, 0.29) is 11.7 Å². The minimum absolute atomic E-state index is 0.145. The number of aromatic nitrogens is 3. The highest BCUT2D eigenvalue weighted by Gasteiger charge is 2.10. The van der Waals surface area contributed by atoms with Crippen molar-refractivity contribution >= 4 is 23.0 Å². The molecule has 0 saturated heterocycles. The average molecular weight is 221 g/mol. The molecule has 0 aromatic carbocycles. The van der Waals surface area contributed by atoms with Gasteiger partial charge >= 0.3 is 5.69 Å². The van der Waals surface area contributed by atoms with E-state index in [1.807, 2.05) is 0 Å². The van der Waals surface area contributed by atoms with E-state index in [2.05, 4.69) is 10.2 Å². The smallest absolute Gasteiger partial charge is 0.272 e. The highest BCUT2D eigenvalue weighted by Crippen LogP contribution is 2.02. The van der Waals surface area contributed by atoms with Crippen molar-refractivity contribution in [2.45, 2.75) is 13.0 Å². The third-order valence-electron chi connectivity index (χ3n) is 1.63. The molecule has 74 valence electrons. The van der Waals surface area contributed by atoms with Crippen molar-refractivity contribution in [3.05, 3.63) is 15.3 Å². The maximum atomic E-state index is 11.2. The first kappa shape index (κ1) is 10.4. The van der Waals surface area contributed by atoms with Crippen LogP contribution in [0.3, 0.4) is 0 Å². The highest BCUT2D eigenvalue weighted by molar-refractivity contribution is 7.84. The molecule has 0 aliphatic heterocycles. The molecular weight excluding hydrogens is 210 g/mol. The lowest BCUT2D eigenvalue weighted by atomic mass is 10.4. The van der Waals surface area contributed by atoms with Crippen molar-refractivity contribution in [3.8, 4) is 0 Å². The van der Waals surface area contributed by atoms with Gasteiger partial charge in [-0.2, -0.15) is 0 Å². The van der Waals surface area contributed by atoms with E-state index >= 15 is 0 Å². The van der Waals surface area contributed by atoms with Gasteiger partial charge in [0, 0.05) is 28.9 Å². The van der Waals surface area contributed by atoms with Crippen molar-refractivity contribution in [1.82, 2.24) is 14.8 Å². The van der Waals surface area contributed by atoms with Gasteiger partial charge in [-0.3, -0.25) is 13.9 Å². The summed E-state index contributed by atoms with van der Waals surface area (Å²) in [6.45, 7) is 1.81. The second-order valence-electron chi connectivity index (χ2n) is 2.82. The molecule has 13 heavy (non-hydrogen) atoms. The molecule has 0 amide bonds. The molecule has 7 heteroatoms. The van der Waals surface area contributed by atoms with Crippen LogP contribution in [0.1, 0.15) is 13.0 Å². The molecule has 0 aliphatic carbocycles. The van der Waals surface area contributed by atoms with Gasteiger partial charge in [0.25, 0.3) is 0 Å². The Morgan fingerprint density at radius 1 is 1.62 bits per heavy atom. The first-order valence-corrected chi connectivity index (χ1v) is 5.85. The minimum Gasteiger partial charge on any atom is -0.272 e. The summed E-state index contributed by atoms with van der Waals surface area (Å²) in [7, 11) is -0.931. The van der Waals surface area contributed by atoms with Crippen molar-refractivity contribution in [2.24, 2.45) is 0 Å².